The molecule has 0 spiro atoms. The second kappa shape index (κ2) is 10.4. The SMILES string of the molecule is CCCN(CCC)C(=O)CSc1nnc(-c2ccccc2)n1CC(C)C. The quantitative estimate of drug-likeness (QED) is 0.581. The molecule has 0 aliphatic rings. The third-order valence-corrected chi connectivity index (χ3v) is 4.91. The minimum Gasteiger partial charge on any atom is -0.342 e. The van der Waals surface area contributed by atoms with Crippen molar-refractivity contribution in [3.8, 4) is 11.4 Å². The number of hydrogen-bond donors (Lipinski definition) is 0. The lowest BCUT2D eigenvalue weighted by Gasteiger charge is -2.21. The molecule has 0 aliphatic carbocycles. The number of benzene rings is 1. The number of hydrogen-bond acceptors (Lipinski definition) is 4. The summed E-state index contributed by atoms with van der Waals surface area (Å²) in [6, 6.07) is 10.1. The van der Waals surface area contributed by atoms with Gasteiger partial charge in [0.15, 0.2) is 11.0 Å². The molecule has 142 valence electrons. The smallest absolute Gasteiger partial charge is 0.233 e. The normalized spacial score (nSPS) is 11.1. The van der Waals surface area contributed by atoms with Crippen LogP contribution in [-0.4, -0.2) is 44.4 Å². The predicted molar refractivity (Wildman–Crippen MR) is 108 cm³/mol. The molecular weight excluding hydrogens is 344 g/mol. The van der Waals surface area contributed by atoms with Crippen molar-refractivity contribution in [2.75, 3.05) is 18.8 Å². The number of carbonyl (C=O) groups excluding carboxylic acids is 1. The zero-order chi connectivity index (χ0) is 18.9. The van der Waals surface area contributed by atoms with E-state index in [4.69, 9.17) is 0 Å². The molecular formula is C20H30N4OS. The topological polar surface area (TPSA) is 51.0 Å². The van der Waals surface area contributed by atoms with Crippen LogP contribution >= 0.6 is 11.8 Å². The molecule has 6 heteroatoms. The molecule has 2 aromatic rings. The first-order valence-electron chi connectivity index (χ1n) is 9.46. The van der Waals surface area contributed by atoms with Crippen LogP contribution in [0, 0.1) is 5.92 Å². The van der Waals surface area contributed by atoms with Gasteiger partial charge in [-0.15, -0.1) is 10.2 Å². The van der Waals surface area contributed by atoms with Crippen LogP contribution in [-0.2, 0) is 11.3 Å². The number of aromatic nitrogens is 3. The Kier molecular flexibility index (Phi) is 8.16. The summed E-state index contributed by atoms with van der Waals surface area (Å²) in [5.74, 6) is 1.93. The minimum atomic E-state index is 0.180. The standard InChI is InChI=1S/C20H30N4OS/c1-5-12-23(13-6-2)18(25)15-26-20-22-21-19(24(20)14-16(3)4)17-10-8-7-9-11-17/h7-11,16H,5-6,12-15H2,1-4H3. The first kappa shape index (κ1) is 20.5. The molecule has 26 heavy (non-hydrogen) atoms. The van der Waals surface area contributed by atoms with E-state index in [9.17, 15) is 4.79 Å². The van der Waals surface area contributed by atoms with Crippen molar-refractivity contribution in [3.05, 3.63) is 30.3 Å². The summed E-state index contributed by atoms with van der Waals surface area (Å²) in [7, 11) is 0. The van der Waals surface area contributed by atoms with Gasteiger partial charge in [-0.2, -0.15) is 0 Å². The van der Waals surface area contributed by atoms with Crippen molar-refractivity contribution in [1.29, 1.82) is 0 Å². The molecule has 1 aromatic carbocycles. The fraction of sp³-hybridized carbons (Fsp3) is 0.550. The van der Waals surface area contributed by atoms with E-state index in [1.807, 2.05) is 35.2 Å². The first-order valence-corrected chi connectivity index (χ1v) is 10.4. The zero-order valence-electron chi connectivity index (χ0n) is 16.3. The summed E-state index contributed by atoms with van der Waals surface area (Å²) in [5.41, 5.74) is 1.05. The molecule has 0 radical (unpaired) electrons. The van der Waals surface area contributed by atoms with Gasteiger partial charge in [0.2, 0.25) is 5.91 Å². The molecule has 1 aromatic heterocycles. The van der Waals surface area contributed by atoms with Gasteiger partial charge in [-0.1, -0.05) is 69.8 Å². The molecule has 0 saturated carbocycles. The Bertz CT molecular complexity index is 678. The van der Waals surface area contributed by atoms with Gasteiger partial charge >= 0.3 is 0 Å². The summed E-state index contributed by atoms with van der Waals surface area (Å²) in [6.07, 6.45) is 1.97. The maximum absolute atomic E-state index is 12.6. The number of rotatable bonds is 10. The molecule has 2 rings (SSSR count). The Balaban J connectivity index is 2.16. The van der Waals surface area contributed by atoms with Gasteiger partial charge in [-0.05, 0) is 18.8 Å². The van der Waals surface area contributed by atoms with Crippen molar-refractivity contribution >= 4 is 17.7 Å². The van der Waals surface area contributed by atoms with Crippen molar-refractivity contribution in [3.63, 3.8) is 0 Å². The largest absolute Gasteiger partial charge is 0.342 e. The lowest BCUT2D eigenvalue weighted by atomic mass is 10.2. The van der Waals surface area contributed by atoms with E-state index in [2.05, 4.69) is 42.5 Å². The molecule has 0 bridgehead atoms. The van der Waals surface area contributed by atoms with Crippen LogP contribution in [0.5, 0.6) is 0 Å². The highest BCUT2D eigenvalue weighted by atomic mass is 32.2. The fourth-order valence-corrected chi connectivity index (χ4v) is 3.70. The van der Waals surface area contributed by atoms with Crippen LogP contribution in [0.15, 0.2) is 35.5 Å². The third kappa shape index (κ3) is 5.59. The van der Waals surface area contributed by atoms with Gasteiger partial charge < -0.3 is 9.47 Å². The highest BCUT2D eigenvalue weighted by molar-refractivity contribution is 7.99. The third-order valence-electron chi connectivity index (χ3n) is 3.96. The highest BCUT2D eigenvalue weighted by Gasteiger charge is 2.18. The molecule has 1 amide bonds. The second-order valence-electron chi connectivity index (χ2n) is 6.85. The van der Waals surface area contributed by atoms with E-state index in [1.54, 1.807) is 0 Å². The van der Waals surface area contributed by atoms with Gasteiger partial charge in [0, 0.05) is 25.2 Å². The Morgan fingerprint density at radius 3 is 2.35 bits per heavy atom. The maximum Gasteiger partial charge on any atom is 0.233 e. The Hall–Kier alpha value is -1.82. The van der Waals surface area contributed by atoms with Crippen LogP contribution in [0.4, 0.5) is 0 Å². The van der Waals surface area contributed by atoms with E-state index in [1.165, 1.54) is 11.8 Å². The predicted octanol–water partition coefficient (Wildman–Crippen LogP) is 4.34. The van der Waals surface area contributed by atoms with Crippen LogP contribution < -0.4 is 0 Å². The van der Waals surface area contributed by atoms with Crippen LogP contribution in [0.3, 0.4) is 0 Å². The van der Waals surface area contributed by atoms with Crippen LogP contribution in [0.2, 0.25) is 0 Å². The number of thioether (sulfide) groups is 1. The lowest BCUT2D eigenvalue weighted by Crippen LogP contribution is -2.33. The van der Waals surface area contributed by atoms with E-state index in [-0.39, 0.29) is 5.91 Å². The molecule has 0 unspecified atom stereocenters. The van der Waals surface area contributed by atoms with Crippen molar-refractivity contribution in [2.24, 2.45) is 5.92 Å². The Labute approximate surface area is 161 Å². The van der Waals surface area contributed by atoms with E-state index >= 15 is 0 Å². The average molecular weight is 375 g/mol. The number of nitrogens with zero attached hydrogens (tertiary/aromatic N) is 4. The molecule has 0 saturated heterocycles. The Morgan fingerprint density at radius 1 is 1.12 bits per heavy atom. The Morgan fingerprint density at radius 2 is 1.77 bits per heavy atom. The molecule has 0 N–H and O–H groups in total. The van der Waals surface area contributed by atoms with Gasteiger partial charge in [-0.3, -0.25) is 4.79 Å². The van der Waals surface area contributed by atoms with E-state index < -0.39 is 0 Å². The maximum atomic E-state index is 12.6. The number of carbonyl (C=O) groups is 1. The van der Waals surface area contributed by atoms with Crippen LogP contribution in [0.25, 0.3) is 11.4 Å². The first-order chi connectivity index (χ1) is 12.6. The monoisotopic (exact) mass is 374 g/mol. The van der Waals surface area contributed by atoms with Gasteiger partial charge in [0.1, 0.15) is 0 Å². The van der Waals surface area contributed by atoms with E-state index in [0.29, 0.717) is 11.7 Å². The molecule has 1 heterocycles. The van der Waals surface area contributed by atoms with E-state index in [0.717, 1.165) is 49.0 Å². The average Bonchev–Trinajstić information content (AvgIpc) is 3.02. The summed E-state index contributed by atoms with van der Waals surface area (Å²) in [6.45, 7) is 11.0. The van der Waals surface area contributed by atoms with Crippen molar-refractivity contribution in [1.82, 2.24) is 19.7 Å². The molecule has 0 aliphatic heterocycles. The van der Waals surface area contributed by atoms with Crippen molar-refractivity contribution < 1.29 is 4.79 Å². The lowest BCUT2D eigenvalue weighted by molar-refractivity contribution is -0.128. The second-order valence-corrected chi connectivity index (χ2v) is 7.79. The molecule has 0 fully saturated rings. The summed E-state index contributed by atoms with van der Waals surface area (Å²) >= 11 is 1.49. The molecule has 5 nitrogen and oxygen atoms in total. The summed E-state index contributed by atoms with van der Waals surface area (Å²) in [4.78, 5) is 14.5. The fourth-order valence-electron chi connectivity index (χ4n) is 2.84. The zero-order valence-corrected chi connectivity index (χ0v) is 17.1. The summed E-state index contributed by atoms with van der Waals surface area (Å²) < 4.78 is 2.14. The van der Waals surface area contributed by atoms with Gasteiger partial charge in [0.05, 0.1) is 5.75 Å². The minimum absolute atomic E-state index is 0.180. The van der Waals surface area contributed by atoms with Crippen LogP contribution in [0.1, 0.15) is 40.5 Å². The summed E-state index contributed by atoms with van der Waals surface area (Å²) in [5, 5.41) is 9.59. The van der Waals surface area contributed by atoms with Gasteiger partial charge in [-0.25, -0.2) is 0 Å². The van der Waals surface area contributed by atoms with Crippen molar-refractivity contribution in [2.45, 2.75) is 52.2 Å². The number of amides is 1. The highest BCUT2D eigenvalue weighted by Crippen LogP contribution is 2.25. The molecule has 0 atom stereocenters. The van der Waals surface area contributed by atoms with Gasteiger partial charge in [0.25, 0.3) is 0 Å².